The Hall–Kier alpha value is -1.72. The van der Waals surface area contributed by atoms with Crippen LogP contribution >= 0.6 is 0 Å². The summed E-state index contributed by atoms with van der Waals surface area (Å²) in [4.78, 5) is 11.6. The minimum Gasteiger partial charge on any atom is -0.296 e. The van der Waals surface area contributed by atoms with E-state index in [2.05, 4.69) is 0 Å². The van der Waals surface area contributed by atoms with Crippen molar-refractivity contribution in [2.45, 2.75) is 30.8 Å². The molecule has 2 aliphatic rings. The number of benzene rings is 1. The third-order valence-electron chi connectivity index (χ3n) is 4.64. The number of nitrogens with zero attached hydrogens (tertiary/aromatic N) is 3. The van der Waals surface area contributed by atoms with Crippen molar-refractivity contribution in [2.24, 2.45) is 0 Å². The number of sulfonamides is 1. The van der Waals surface area contributed by atoms with Crippen LogP contribution in [0.4, 0.5) is 18.9 Å². The van der Waals surface area contributed by atoms with Crippen molar-refractivity contribution in [2.75, 3.05) is 26.2 Å². The molecule has 3 rings (SSSR count). The van der Waals surface area contributed by atoms with Gasteiger partial charge in [0, 0.05) is 44.9 Å². The summed E-state index contributed by atoms with van der Waals surface area (Å²) in [7, 11) is -3.28. The van der Waals surface area contributed by atoms with Crippen LogP contribution in [-0.4, -0.2) is 54.0 Å². The minimum atomic E-state index is -4.70. The number of piperazine rings is 1. The van der Waals surface area contributed by atoms with E-state index in [0.29, 0.717) is 32.0 Å². The number of nitro groups is 1. The van der Waals surface area contributed by atoms with Crippen LogP contribution in [0.5, 0.6) is 0 Å². The summed E-state index contributed by atoms with van der Waals surface area (Å²) in [6, 6.07) is 2.72. The number of nitro benzene ring substituents is 1. The van der Waals surface area contributed by atoms with Gasteiger partial charge in [-0.2, -0.15) is 17.5 Å². The smallest absolute Gasteiger partial charge is 0.296 e. The first-order chi connectivity index (χ1) is 12.1. The van der Waals surface area contributed by atoms with Crippen molar-refractivity contribution in [3.05, 3.63) is 39.4 Å². The monoisotopic (exact) mass is 393 g/mol. The highest BCUT2D eigenvalue weighted by Crippen LogP contribution is 2.35. The van der Waals surface area contributed by atoms with Crippen LogP contribution in [0.1, 0.15) is 24.0 Å². The molecule has 0 bridgehead atoms. The Labute approximate surface area is 148 Å². The lowest BCUT2D eigenvalue weighted by molar-refractivity contribution is -0.385. The van der Waals surface area contributed by atoms with Gasteiger partial charge in [0.15, 0.2) is 0 Å². The molecule has 1 aliphatic carbocycles. The Morgan fingerprint density at radius 3 is 2.27 bits per heavy atom. The Morgan fingerprint density at radius 1 is 1.15 bits per heavy atom. The third kappa shape index (κ3) is 3.99. The van der Waals surface area contributed by atoms with E-state index in [1.54, 1.807) is 4.90 Å². The number of alkyl halides is 3. The largest absolute Gasteiger partial charge is 0.416 e. The van der Waals surface area contributed by atoms with E-state index in [1.165, 1.54) is 4.31 Å². The molecule has 0 atom stereocenters. The van der Waals surface area contributed by atoms with Gasteiger partial charge >= 0.3 is 6.18 Å². The number of rotatable bonds is 5. The Bertz CT molecular complexity index is 801. The Balaban J connectivity index is 1.71. The normalized spacial score (nSPS) is 20.3. The molecule has 0 N–H and O–H groups in total. The number of halogens is 3. The maximum atomic E-state index is 13.2. The van der Waals surface area contributed by atoms with Crippen LogP contribution in [0, 0.1) is 10.1 Å². The van der Waals surface area contributed by atoms with Gasteiger partial charge in [0.25, 0.3) is 5.69 Å². The lowest BCUT2D eigenvalue weighted by Crippen LogP contribution is -2.49. The molecule has 144 valence electrons. The quantitative estimate of drug-likeness (QED) is 0.566. The van der Waals surface area contributed by atoms with Gasteiger partial charge in [0.1, 0.15) is 0 Å². The molecule has 11 heteroatoms. The van der Waals surface area contributed by atoms with Crippen LogP contribution in [-0.2, 0) is 22.7 Å². The SMILES string of the molecule is O=[N+]([O-])c1ccc(CN2CCN(S(=O)(=O)C3CC3)CC2)c(C(F)(F)F)c1. The van der Waals surface area contributed by atoms with Crippen molar-refractivity contribution in [3.63, 3.8) is 0 Å². The van der Waals surface area contributed by atoms with Gasteiger partial charge in [-0.3, -0.25) is 15.0 Å². The second-order valence-electron chi connectivity index (χ2n) is 6.52. The van der Waals surface area contributed by atoms with E-state index in [0.717, 1.165) is 12.1 Å². The average Bonchev–Trinajstić information content (AvgIpc) is 3.40. The summed E-state index contributed by atoms with van der Waals surface area (Å²) < 4.78 is 65.5. The second-order valence-corrected chi connectivity index (χ2v) is 8.73. The van der Waals surface area contributed by atoms with Crippen LogP contribution in [0.15, 0.2) is 18.2 Å². The predicted molar refractivity (Wildman–Crippen MR) is 86.9 cm³/mol. The molecule has 1 saturated heterocycles. The molecule has 1 aliphatic heterocycles. The number of hydrogen-bond donors (Lipinski definition) is 0. The van der Waals surface area contributed by atoms with Crippen LogP contribution < -0.4 is 0 Å². The van der Waals surface area contributed by atoms with Gasteiger partial charge in [0.05, 0.1) is 15.7 Å². The zero-order valence-electron chi connectivity index (χ0n) is 13.8. The number of non-ortho nitro benzene ring substituents is 1. The fourth-order valence-corrected chi connectivity index (χ4v) is 4.87. The van der Waals surface area contributed by atoms with E-state index >= 15 is 0 Å². The van der Waals surface area contributed by atoms with Gasteiger partial charge in [-0.25, -0.2) is 8.42 Å². The Kier molecular flexibility index (Phi) is 4.97. The molecule has 1 saturated carbocycles. The van der Waals surface area contributed by atoms with Crippen molar-refractivity contribution >= 4 is 15.7 Å². The molecule has 1 aromatic carbocycles. The number of hydrogen-bond acceptors (Lipinski definition) is 5. The van der Waals surface area contributed by atoms with Crippen molar-refractivity contribution in [1.82, 2.24) is 9.21 Å². The maximum absolute atomic E-state index is 13.2. The van der Waals surface area contributed by atoms with Gasteiger partial charge in [-0.05, 0) is 18.4 Å². The highest BCUT2D eigenvalue weighted by Gasteiger charge is 2.41. The summed E-state index contributed by atoms with van der Waals surface area (Å²) in [5, 5.41) is 10.4. The highest BCUT2D eigenvalue weighted by molar-refractivity contribution is 7.90. The first-order valence-electron chi connectivity index (χ1n) is 8.15. The van der Waals surface area contributed by atoms with E-state index < -0.39 is 32.4 Å². The van der Waals surface area contributed by atoms with Crippen LogP contribution in [0.3, 0.4) is 0 Å². The topological polar surface area (TPSA) is 83.8 Å². The standard InChI is InChI=1S/C15H18F3N3O4S/c16-15(17,18)14-9-12(21(22)23)2-1-11(14)10-19-5-7-20(8-6-19)26(24,25)13-3-4-13/h1-2,9,13H,3-8,10H2. The van der Waals surface area contributed by atoms with E-state index in [4.69, 9.17) is 0 Å². The first kappa shape index (κ1) is 19.1. The molecule has 1 heterocycles. The molecular formula is C15H18F3N3O4S. The summed E-state index contributed by atoms with van der Waals surface area (Å²) in [5.41, 5.74) is -1.69. The molecule has 0 spiro atoms. The highest BCUT2D eigenvalue weighted by atomic mass is 32.2. The maximum Gasteiger partial charge on any atom is 0.416 e. The van der Waals surface area contributed by atoms with Crippen molar-refractivity contribution in [3.8, 4) is 0 Å². The zero-order chi connectivity index (χ0) is 19.1. The molecule has 0 amide bonds. The van der Waals surface area contributed by atoms with Gasteiger partial charge in [-0.1, -0.05) is 6.07 Å². The van der Waals surface area contributed by atoms with Gasteiger partial charge < -0.3 is 0 Å². The molecule has 2 fully saturated rings. The molecule has 0 radical (unpaired) electrons. The summed E-state index contributed by atoms with van der Waals surface area (Å²) in [6.45, 7) is 1.09. The second kappa shape index (κ2) is 6.78. The van der Waals surface area contributed by atoms with E-state index in [9.17, 15) is 31.7 Å². The average molecular weight is 393 g/mol. The van der Waals surface area contributed by atoms with Gasteiger partial charge in [0.2, 0.25) is 10.0 Å². The summed E-state index contributed by atoms with van der Waals surface area (Å²) >= 11 is 0. The van der Waals surface area contributed by atoms with Crippen molar-refractivity contribution < 1.29 is 26.5 Å². The first-order valence-corrected chi connectivity index (χ1v) is 9.65. The van der Waals surface area contributed by atoms with E-state index in [1.807, 2.05) is 0 Å². The summed E-state index contributed by atoms with van der Waals surface area (Å²) in [5.74, 6) is 0. The molecular weight excluding hydrogens is 375 g/mol. The van der Waals surface area contributed by atoms with Crippen LogP contribution in [0.25, 0.3) is 0 Å². The molecule has 1 aromatic rings. The molecule has 0 aromatic heterocycles. The van der Waals surface area contributed by atoms with Gasteiger partial charge in [-0.15, -0.1) is 0 Å². The van der Waals surface area contributed by atoms with Crippen molar-refractivity contribution in [1.29, 1.82) is 0 Å². The Morgan fingerprint density at radius 2 is 1.77 bits per heavy atom. The molecule has 0 unspecified atom stereocenters. The third-order valence-corrected chi connectivity index (χ3v) is 7.04. The summed E-state index contributed by atoms with van der Waals surface area (Å²) in [6.07, 6.45) is -3.36. The lowest BCUT2D eigenvalue weighted by Gasteiger charge is -2.34. The zero-order valence-corrected chi connectivity index (χ0v) is 14.6. The van der Waals surface area contributed by atoms with Crippen LogP contribution in [0.2, 0.25) is 0 Å². The predicted octanol–water partition coefficient (Wildman–Crippen LogP) is 2.22. The fourth-order valence-electron chi connectivity index (χ4n) is 3.04. The molecule has 26 heavy (non-hydrogen) atoms. The molecule has 7 nitrogen and oxygen atoms in total. The minimum absolute atomic E-state index is 0.0375. The van der Waals surface area contributed by atoms with E-state index in [-0.39, 0.29) is 30.4 Å². The lowest BCUT2D eigenvalue weighted by atomic mass is 10.1. The fraction of sp³-hybridized carbons (Fsp3) is 0.600.